The Hall–Kier alpha value is -3.43. The van der Waals surface area contributed by atoms with Gasteiger partial charge in [0.15, 0.2) is 6.61 Å². The highest BCUT2D eigenvalue weighted by Gasteiger charge is 2.42. The monoisotopic (exact) mass is 397 g/mol. The van der Waals surface area contributed by atoms with E-state index in [0.29, 0.717) is 11.3 Å². The SMILES string of the molecule is NC(=O)COc1ccc(C=NNC(=O)c2ccc(C(F)(F)C(F)F)cc2)cc1. The molecule has 0 aliphatic heterocycles. The average Bonchev–Trinajstić information content (AvgIpc) is 2.67. The lowest BCUT2D eigenvalue weighted by Gasteiger charge is -2.15. The fourth-order valence-corrected chi connectivity index (χ4v) is 2.00. The number of ether oxygens (including phenoxy) is 1. The van der Waals surface area contributed by atoms with E-state index in [0.717, 1.165) is 24.3 Å². The van der Waals surface area contributed by atoms with Gasteiger partial charge in [-0.25, -0.2) is 14.2 Å². The molecule has 0 saturated carbocycles. The number of hydrogen-bond acceptors (Lipinski definition) is 4. The van der Waals surface area contributed by atoms with E-state index in [1.54, 1.807) is 24.3 Å². The standard InChI is InChI=1S/C18H15F4N3O3/c19-17(20)18(21,22)13-5-3-12(4-6-13)16(27)25-24-9-11-1-7-14(8-2-11)28-10-15(23)26/h1-9,17H,10H2,(H2,23,26)(H,25,27). The second-order valence-electron chi connectivity index (χ2n) is 5.52. The third-order valence-corrected chi connectivity index (χ3v) is 3.45. The fourth-order valence-electron chi connectivity index (χ4n) is 2.00. The first-order valence-electron chi connectivity index (χ1n) is 7.81. The Balaban J connectivity index is 1.93. The summed E-state index contributed by atoms with van der Waals surface area (Å²) < 4.78 is 56.1. The van der Waals surface area contributed by atoms with E-state index in [1.807, 2.05) is 0 Å². The third kappa shape index (κ3) is 5.53. The van der Waals surface area contributed by atoms with Gasteiger partial charge in [-0.2, -0.15) is 13.9 Å². The van der Waals surface area contributed by atoms with E-state index < -0.39 is 29.7 Å². The van der Waals surface area contributed by atoms with Crippen LogP contribution in [0.3, 0.4) is 0 Å². The highest BCUT2D eigenvalue weighted by molar-refractivity contribution is 5.94. The smallest absolute Gasteiger partial charge is 0.332 e. The molecule has 0 fully saturated rings. The van der Waals surface area contributed by atoms with Gasteiger partial charge in [0.1, 0.15) is 5.75 Å². The molecule has 28 heavy (non-hydrogen) atoms. The molecule has 0 aromatic heterocycles. The van der Waals surface area contributed by atoms with Crippen LogP contribution in [0.25, 0.3) is 0 Å². The van der Waals surface area contributed by atoms with Gasteiger partial charge in [0.05, 0.1) is 6.21 Å². The molecule has 2 aromatic rings. The van der Waals surface area contributed by atoms with Crippen LogP contribution in [0.4, 0.5) is 17.6 Å². The first kappa shape index (κ1) is 20.9. The molecule has 6 nitrogen and oxygen atoms in total. The Bertz CT molecular complexity index is 853. The van der Waals surface area contributed by atoms with Gasteiger partial charge in [-0.05, 0) is 42.0 Å². The quantitative estimate of drug-likeness (QED) is 0.407. The van der Waals surface area contributed by atoms with E-state index in [1.165, 1.54) is 6.21 Å². The molecular weight excluding hydrogens is 382 g/mol. The van der Waals surface area contributed by atoms with Crippen molar-refractivity contribution in [3.63, 3.8) is 0 Å². The molecule has 0 aliphatic carbocycles. The molecule has 0 atom stereocenters. The second-order valence-corrected chi connectivity index (χ2v) is 5.52. The van der Waals surface area contributed by atoms with Crippen LogP contribution in [0.5, 0.6) is 5.75 Å². The van der Waals surface area contributed by atoms with Crippen LogP contribution in [-0.2, 0) is 10.7 Å². The summed E-state index contributed by atoms with van der Waals surface area (Å²) in [7, 11) is 0. The van der Waals surface area contributed by atoms with E-state index in [-0.39, 0.29) is 12.2 Å². The van der Waals surface area contributed by atoms with Crippen molar-refractivity contribution in [3.05, 3.63) is 65.2 Å². The number of rotatable bonds is 8. The first-order valence-corrected chi connectivity index (χ1v) is 7.81. The van der Waals surface area contributed by atoms with Gasteiger partial charge < -0.3 is 10.5 Å². The first-order chi connectivity index (χ1) is 13.2. The number of primary amides is 1. The minimum atomic E-state index is -4.29. The molecular formula is C18H15F4N3O3. The zero-order valence-electron chi connectivity index (χ0n) is 14.2. The van der Waals surface area contributed by atoms with Crippen LogP contribution in [0.15, 0.2) is 53.6 Å². The Morgan fingerprint density at radius 3 is 2.25 bits per heavy atom. The van der Waals surface area contributed by atoms with Crippen LogP contribution in [0.1, 0.15) is 21.5 Å². The molecule has 0 saturated heterocycles. The van der Waals surface area contributed by atoms with Gasteiger partial charge >= 0.3 is 12.3 Å². The van der Waals surface area contributed by atoms with E-state index in [2.05, 4.69) is 10.5 Å². The van der Waals surface area contributed by atoms with Crippen molar-refractivity contribution in [2.24, 2.45) is 10.8 Å². The molecule has 2 aromatic carbocycles. The normalized spacial score (nSPS) is 11.6. The summed E-state index contributed by atoms with van der Waals surface area (Å²) in [4.78, 5) is 22.5. The lowest BCUT2D eigenvalue weighted by atomic mass is 10.1. The Labute approximate surface area is 157 Å². The molecule has 0 unspecified atom stereocenters. The molecule has 2 amide bonds. The number of carbonyl (C=O) groups is 2. The summed E-state index contributed by atoms with van der Waals surface area (Å²) in [5, 5.41) is 3.71. The number of amides is 2. The zero-order chi connectivity index (χ0) is 20.7. The molecule has 2 rings (SSSR count). The summed E-state index contributed by atoms with van der Waals surface area (Å²) in [5.41, 5.74) is 6.83. The highest BCUT2D eigenvalue weighted by Crippen LogP contribution is 2.34. The summed E-state index contributed by atoms with van der Waals surface area (Å²) >= 11 is 0. The van der Waals surface area contributed by atoms with Crippen molar-refractivity contribution in [2.75, 3.05) is 6.61 Å². The molecule has 10 heteroatoms. The van der Waals surface area contributed by atoms with Crippen molar-refractivity contribution in [2.45, 2.75) is 12.3 Å². The second kappa shape index (κ2) is 8.98. The number of hydrogen-bond donors (Lipinski definition) is 2. The van der Waals surface area contributed by atoms with Crippen LogP contribution >= 0.6 is 0 Å². The van der Waals surface area contributed by atoms with Crippen LogP contribution in [0.2, 0.25) is 0 Å². The summed E-state index contributed by atoms with van der Waals surface area (Å²) in [6, 6.07) is 9.86. The number of halogens is 4. The maximum atomic E-state index is 13.2. The summed E-state index contributed by atoms with van der Waals surface area (Å²) in [6.07, 6.45) is -2.53. The fraction of sp³-hybridized carbons (Fsp3) is 0.167. The van der Waals surface area contributed by atoms with E-state index >= 15 is 0 Å². The molecule has 0 aliphatic rings. The van der Waals surface area contributed by atoms with Gasteiger partial charge in [0.25, 0.3) is 11.8 Å². The molecule has 3 N–H and O–H groups in total. The average molecular weight is 397 g/mol. The van der Waals surface area contributed by atoms with Crippen molar-refractivity contribution < 1.29 is 31.9 Å². The Morgan fingerprint density at radius 2 is 1.71 bits per heavy atom. The van der Waals surface area contributed by atoms with E-state index in [4.69, 9.17) is 10.5 Å². The minimum absolute atomic E-state index is 0.0267. The maximum absolute atomic E-state index is 13.2. The van der Waals surface area contributed by atoms with Gasteiger partial charge in [0.2, 0.25) is 0 Å². The number of hydrazone groups is 1. The molecule has 0 bridgehead atoms. The number of nitrogens with two attached hydrogens (primary N) is 1. The zero-order valence-corrected chi connectivity index (χ0v) is 14.2. The predicted molar refractivity (Wildman–Crippen MR) is 92.5 cm³/mol. The van der Waals surface area contributed by atoms with Crippen LogP contribution in [0, 0.1) is 0 Å². The van der Waals surface area contributed by atoms with Crippen molar-refractivity contribution in [3.8, 4) is 5.75 Å². The number of nitrogens with zero attached hydrogens (tertiary/aromatic N) is 1. The maximum Gasteiger partial charge on any atom is 0.332 e. The molecule has 0 heterocycles. The van der Waals surface area contributed by atoms with Gasteiger partial charge in [0, 0.05) is 11.1 Å². The highest BCUT2D eigenvalue weighted by atomic mass is 19.3. The number of nitrogens with one attached hydrogen (secondary N) is 1. The topological polar surface area (TPSA) is 93.8 Å². The Morgan fingerprint density at radius 1 is 1.11 bits per heavy atom. The Kier molecular flexibility index (Phi) is 6.69. The number of alkyl halides is 4. The number of carbonyl (C=O) groups excluding carboxylic acids is 2. The third-order valence-electron chi connectivity index (χ3n) is 3.45. The van der Waals surface area contributed by atoms with Crippen molar-refractivity contribution >= 4 is 18.0 Å². The summed E-state index contributed by atoms with van der Waals surface area (Å²) in [5.74, 6) is -5.19. The minimum Gasteiger partial charge on any atom is -0.484 e. The lowest BCUT2D eigenvalue weighted by molar-refractivity contribution is -0.135. The van der Waals surface area contributed by atoms with Crippen LogP contribution < -0.4 is 15.9 Å². The van der Waals surface area contributed by atoms with Crippen molar-refractivity contribution in [1.29, 1.82) is 0 Å². The van der Waals surface area contributed by atoms with Crippen LogP contribution in [-0.4, -0.2) is 31.1 Å². The lowest BCUT2D eigenvalue weighted by Crippen LogP contribution is -2.24. The van der Waals surface area contributed by atoms with Gasteiger partial charge in [-0.15, -0.1) is 0 Å². The molecule has 148 valence electrons. The molecule has 0 radical (unpaired) electrons. The van der Waals surface area contributed by atoms with Gasteiger partial charge in [-0.1, -0.05) is 12.1 Å². The molecule has 0 spiro atoms. The van der Waals surface area contributed by atoms with Crippen molar-refractivity contribution in [1.82, 2.24) is 5.43 Å². The van der Waals surface area contributed by atoms with E-state index in [9.17, 15) is 27.2 Å². The largest absolute Gasteiger partial charge is 0.484 e. The summed E-state index contributed by atoms with van der Waals surface area (Å²) in [6.45, 7) is -0.258. The van der Waals surface area contributed by atoms with Gasteiger partial charge in [-0.3, -0.25) is 9.59 Å². The number of benzene rings is 2. The predicted octanol–water partition coefficient (Wildman–Crippen LogP) is 2.67.